The second-order valence-electron chi connectivity index (χ2n) is 4.01. The Morgan fingerprint density at radius 2 is 2.41 bits per heavy atom. The summed E-state index contributed by atoms with van der Waals surface area (Å²) in [5.74, 6) is -0.769. The third-order valence-corrected chi connectivity index (χ3v) is 2.88. The van der Waals surface area contributed by atoms with Crippen molar-refractivity contribution in [3.8, 4) is 0 Å². The molecular weight excluding hydrogens is 222 g/mol. The van der Waals surface area contributed by atoms with Crippen molar-refractivity contribution in [2.75, 3.05) is 11.4 Å². The fraction of sp³-hybridized carbons (Fsp3) is 0.364. The highest BCUT2D eigenvalue weighted by Crippen LogP contribution is 2.27. The number of carbonyl (C=O) groups is 2. The lowest BCUT2D eigenvalue weighted by Gasteiger charge is -2.17. The van der Waals surface area contributed by atoms with Gasteiger partial charge in [0.25, 0.3) is 0 Å². The standard InChI is InChI=1S/C11H13N3O3/c1-3-7-4-9(15)14(6-7)10-8(11(16)17)5-12-13(10)2/h3,5,7H,1,4,6H2,2H3,(H,16,17). The first-order chi connectivity index (χ1) is 8.04. The second-order valence-corrected chi connectivity index (χ2v) is 4.01. The number of aromatic carboxylic acids is 1. The van der Waals surface area contributed by atoms with E-state index >= 15 is 0 Å². The van der Waals surface area contributed by atoms with Gasteiger partial charge in [0.2, 0.25) is 5.91 Å². The van der Waals surface area contributed by atoms with E-state index in [1.807, 2.05) is 0 Å². The molecule has 6 heteroatoms. The molecule has 1 aromatic heterocycles. The van der Waals surface area contributed by atoms with Gasteiger partial charge in [-0.2, -0.15) is 5.10 Å². The van der Waals surface area contributed by atoms with Gasteiger partial charge in [-0.3, -0.25) is 14.4 Å². The maximum atomic E-state index is 11.8. The van der Waals surface area contributed by atoms with Crippen molar-refractivity contribution < 1.29 is 14.7 Å². The Kier molecular flexibility index (Phi) is 2.71. The van der Waals surface area contributed by atoms with Crippen molar-refractivity contribution in [2.24, 2.45) is 13.0 Å². The summed E-state index contributed by atoms with van der Waals surface area (Å²) in [4.78, 5) is 24.3. The monoisotopic (exact) mass is 235 g/mol. The van der Waals surface area contributed by atoms with Gasteiger partial charge in [0.15, 0.2) is 0 Å². The van der Waals surface area contributed by atoms with Crippen LogP contribution in [0.3, 0.4) is 0 Å². The number of aryl methyl sites for hydroxylation is 1. The predicted octanol–water partition coefficient (Wildman–Crippen LogP) is 0.657. The number of nitrogens with zero attached hydrogens (tertiary/aromatic N) is 3. The topological polar surface area (TPSA) is 75.4 Å². The van der Waals surface area contributed by atoms with Crippen LogP contribution in [0.25, 0.3) is 0 Å². The van der Waals surface area contributed by atoms with Crippen LogP contribution in [0.15, 0.2) is 18.9 Å². The highest BCUT2D eigenvalue weighted by molar-refractivity contribution is 6.02. The maximum Gasteiger partial charge on any atom is 0.341 e. The first kappa shape index (κ1) is 11.4. The normalized spacial score (nSPS) is 19.7. The zero-order valence-electron chi connectivity index (χ0n) is 9.46. The van der Waals surface area contributed by atoms with Gasteiger partial charge in [0.1, 0.15) is 11.4 Å². The third kappa shape index (κ3) is 1.82. The largest absolute Gasteiger partial charge is 0.477 e. The lowest BCUT2D eigenvalue weighted by Crippen LogP contribution is -2.28. The van der Waals surface area contributed by atoms with Crippen molar-refractivity contribution in [1.29, 1.82) is 0 Å². The van der Waals surface area contributed by atoms with E-state index in [-0.39, 0.29) is 17.4 Å². The number of carboxylic acids is 1. The zero-order valence-corrected chi connectivity index (χ0v) is 9.46. The van der Waals surface area contributed by atoms with Crippen molar-refractivity contribution in [2.45, 2.75) is 6.42 Å². The number of carbonyl (C=O) groups excluding carboxylic acids is 1. The molecule has 0 saturated carbocycles. The summed E-state index contributed by atoms with van der Waals surface area (Å²) >= 11 is 0. The number of aromatic nitrogens is 2. The van der Waals surface area contributed by atoms with Crippen molar-refractivity contribution in [1.82, 2.24) is 9.78 Å². The average Bonchev–Trinajstić information content (AvgIpc) is 2.81. The Hall–Kier alpha value is -2.11. The SMILES string of the molecule is C=CC1CC(=O)N(c2c(C(=O)O)cnn2C)C1. The summed E-state index contributed by atoms with van der Waals surface area (Å²) in [6.45, 7) is 4.12. The minimum absolute atomic E-state index is 0.0468. The molecule has 1 amide bonds. The van der Waals surface area contributed by atoms with E-state index in [9.17, 15) is 9.59 Å². The average molecular weight is 235 g/mol. The molecule has 0 aliphatic carbocycles. The lowest BCUT2D eigenvalue weighted by molar-refractivity contribution is -0.117. The summed E-state index contributed by atoms with van der Waals surface area (Å²) < 4.78 is 1.41. The van der Waals surface area contributed by atoms with Crippen LogP contribution in [0, 0.1) is 5.92 Å². The number of amides is 1. The first-order valence-corrected chi connectivity index (χ1v) is 5.22. The van der Waals surface area contributed by atoms with E-state index in [1.165, 1.54) is 15.8 Å². The summed E-state index contributed by atoms with van der Waals surface area (Å²) in [5.41, 5.74) is 0.0468. The minimum atomic E-state index is -1.08. The van der Waals surface area contributed by atoms with Crippen molar-refractivity contribution >= 4 is 17.7 Å². The molecular formula is C11H13N3O3. The molecule has 0 bridgehead atoms. The van der Waals surface area contributed by atoms with Gasteiger partial charge < -0.3 is 5.11 Å². The van der Waals surface area contributed by atoms with Crippen molar-refractivity contribution in [3.05, 3.63) is 24.4 Å². The van der Waals surface area contributed by atoms with Crippen LogP contribution in [0.4, 0.5) is 5.82 Å². The molecule has 0 spiro atoms. The molecule has 1 fully saturated rings. The summed E-state index contributed by atoms with van der Waals surface area (Å²) in [7, 11) is 1.62. The molecule has 0 aromatic carbocycles. The molecule has 1 aromatic rings. The van der Waals surface area contributed by atoms with E-state index in [0.717, 1.165) is 0 Å². The van der Waals surface area contributed by atoms with Gasteiger partial charge in [-0.25, -0.2) is 4.79 Å². The minimum Gasteiger partial charge on any atom is -0.477 e. The molecule has 1 aliphatic heterocycles. The quantitative estimate of drug-likeness (QED) is 0.781. The zero-order chi connectivity index (χ0) is 12.6. The first-order valence-electron chi connectivity index (χ1n) is 5.22. The Bertz CT molecular complexity index is 492. The molecule has 1 saturated heterocycles. The van der Waals surface area contributed by atoms with Gasteiger partial charge in [0.05, 0.1) is 6.20 Å². The highest BCUT2D eigenvalue weighted by Gasteiger charge is 2.33. The molecule has 1 atom stereocenters. The van der Waals surface area contributed by atoms with Crippen LogP contribution in [0.5, 0.6) is 0 Å². The molecule has 1 unspecified atom stereocenters. The van der Waals surface area contributed by atoms with E-state index in [4.69, 9.17) is 5.11 Å². The number of carboxylic acid groups (broad SMARTS) is 1. The molecule has 2 rings (SSSR count). The Labute approximate surface area is 98.1 Å². The summed E-state index contributed by atoms with van der Waals surface area (Å²) in [6.07, 6.45) is 3.34. The van der Waals surface area contributed by atoms with Gasteiger partial charge in [0, 0.05) is 25.9 Å². The number of hydrogen-bond acceptors (Lipinski definition) is 3. The van der Waals surface area contributed by atoms with Crippen LogP contribution < -0.4 is 4.90 Å². The van der Waals surface area contributed by atoms with E-state index in [1.54, 1.807) is 13.1 Å². The summed E-state index contributed by atoms with van der Waals surface area (Å²) in [6, 6.07) is 0. The predicted molar refractivity (Wildman–Crippen MR) is 60.8 cm³/mol. The van der Waals surface area contributed by atoms with Gasteiger partial charge >= 0.3 is 5.97 Å². The molecule has 1 N–H and O–H groups in total. The van der Waals surface area contributed by atoms with Crippen molar-refractivity contribution in [3.63, 3.8) is 0 Å². The molecule has 1 aliphatic rings. The van der Waals surface area contributed by atoms with Crippen LogP contribution >= 0.6 is 0 Å². The highest BCUT2D eigenvalue weighted by atomic mass is 16.4. The third-order valence-electron chi connectivity index (χ3n) is 2.88. The smallest absolute Gasteiger partial charge is 0.341 e. The second kappa shape index (κ2) is 4.04. The molecule has 90 valence electrons. The number of hydrogen-bond donors (Lipinski definition) is 1. The Morgan fingerprint density at radius 3 is 2.94 bits per heavy atom. The fourth-order valence-corrected chi connectivity index (χ4v) is 2.00. The lowest BCUT2D eigenvalue weighted by atomic mass is 10.1. The van der Waals surface area contributed by atoms with Gasteiger partial charge in [-0.05, 0) is 0 Å². The van der Waals surface area contributed by atoms with Gasteiger partial charge in [-0.15, -0.1) is 6.58 Å². The fourth-order valence-electron chi connectivity index (χ4n) is 2.00. The van der Waals surface area contributed by atoms with E-state index < -0.39 is 5.97 Å². The number of anilines is 1. The van der Waals surface area contributed by atoms with Crippen LogP contribution in [0.2, 0.25) is 0 Å². The van der Waals surface area contributed by atoms with E-state index in [0.29, 0.717) is 18.8 Å². The van der Waals surface area contributed by atoms with Crippen LogP contribution in [0.1, 0.15) is 16.8 Å². The number of rotatable bonds is 3. The summed E-state index contributed by atoms with van der Waals surface area (Å²) in [5, 5.41) is 12.9. The molecule has 6 nitrogen and oxygen atoms in total. The van der Waals surface area contributed by atoms with Crippen LogP contribution in [-0.2, 0) is 11.8 Å². The van der Waals surface area contributed by atoms with Crippen LogP contribution in [-0.4, -0.2) is 33.3 Å². The van der Waals surface area contributed by atoms with Gasteiger partial charge in [-0.1, -0.05) is 6.08 Å². The maximum absolute atomic E-state index is 11.8. The Balaban J connectivity index is 2.40. The molecule has 2 heterocycles. The Morgan fingerprint density at radius 1 is 1.71 bits per heavy atom. The molecule has 17 heavy (non-hydrogen) atoms. The van der Waals surface area contributed by atoms with E-state index in [2.05, 4.69) is 11.7 Å². The molecule has 0 radical (unpaired) electrons.